The second-order valence-corrected chi connectivity index (χ2v) is 9.69. The van der Waals surface area contributed by atoms with Crippen LogP contribution in [0, 0.1) is 19.8 Å². The van der Waals surface area contributed by atoms with Crippen LogP contribution in [0.3, 0.4) is 0 Å². The van der Waals surface area contributed by atoms with E-state index >= 15 is 0 Å². The smallest absolute Gasteiger partial charge is 0.227 e. The van der Waals surface area contributed by atoms with Crippen LogP contribution in [0.25, 0.3) is 5.69 Å². The SMILES string of the molecule is Cc1nn(-c2ccc(Cl)c(Cl)c2)c(C)c1CC(=O)N1CCC(C(=O)N2CCCCC2)CC1. The minimum atomic E-state index is 0.0537. The molecule has 1 aromatic carbocycles. The minimum absolute atomic E-state index is 0.0537. The lowest BCUT2D eigenvalue weighted by atomic mass is 9.94. The minimum Gasteiger partial charge on any atom is -0.342 e. The Morgan fingerprint density at radius 2 is 1.66 bits per heavy atom. The summed E-state index contributed by atoms with van der Waals surface area (Å²) in [6, 6.07) is 5.39. The molecule has 2 aliphatic heterocycles. The van der Waals surface area contributed by atoms with Crippen molar-refractivity contribution in [2.24, 2.45) is 5.92 Å². The molecule has 2 fully saturated rings. The maximum atomic E-state index is 13.0. The number of amides is 2. The van der Waals surface area contributed by atoms with Crippen molar-refractivity contribution in [2.45, 2.75) is 52.4 Å². The van der Waals surface area contributed by atoms with E-state index in [-0.39, 0.29) is 17.7 Å². The van der Waals surface area contributed by atoms with E-state index in [0.29, 0.717) is 29.6 Å². The van der Waals surface area contributed by atoms with Crippen LogP contribution in [0.15, 0.2) is 18.2 Å². The Morgan fingerprint density at radius 3 is 2.31 bits per heavy atom. The van der Waals surface area contributed by atoms with Crippen molar-refractivity contribution < 1.29 is 9.59 Å². The van der Waals surface area contributed by atoms with Crippen molar-refractivity contribution in [1.82, 2.24) is 19.6 Å². The van der Waals surface area contributed by atoms with Gasteiger partial charge in [0.05, 0.1) is 27.8 Å². The topological polar surface area (TPSA) is 58.4 Å². The Kier molecular flexibility index (Phi) is 7.11. The molecule has 6 nitrogen and oxygen atoms in total. The van der Waals surface area contributed by atoms with E-state index < -0.39 is 0 Å². The quantitative estimate of drug-likeness (QED) is 0.648. The highest BCUT2D eigenvalue weighted by Crippen LogP contribution is 2.27. The number of rotatable bonds is 4. The van der Waals surface area contributed by atoms with E-state index in [0.717, 1.165) is 61.4 Å². The number of hydrogen-bond donors (Lipinski definition) is 0. The highest BCUT2D eigenvalue weighted by Gasteiger charge is 2.31. The largest absolute Gasteiger partial charge is 0.342 e. The van der Waals surface area contributed by atoms with Crippen LogP contribution in [0.5, 0.6) is 0 Å². The molecule has 1 aromatic heterocycles. The van der Waals surface area contributed by atoms with Crippen LogP contribution in [-0.2, 0) is 16.0 Å². The maximum Gasteiger partial charge on any atom is 0.227 e. The first-order chi connectivity index (χ1) is 15.3. The molecule has 2 saturated heterocycles. The predicted molar refractivity (Wildman–Crippen MR) is 126 cm³/mol. The Bertz CT molecular complexity index is 1010. The predicted octanol–water partition coefficient (Wildman–Crippen LogP) is 4.59. The van der Waals surface area contributed by atoms with Crippen molar-refractivity contribution in [2.75, 3.05) is 26.2 Å². The number of aryl methyl sites for hydroxylation is 1. The molecule has 32 heavy (non-hydrogen) atoms. The zero-order valence-electron chi connectivity index (χ0n) is 18.7. The molecule has 0 spiro atoms. The van der Waals surface area contributed by atoms with Gasteiger partial charge in [-0.05, 0) is 64.2 Å². The number of benzene rings is 1. The molecule has 0 aliphatic carbocycles. The molecule has 172 valence electrons. The van der Waals surface area contributed by atoms with Crippen LogP contribution < -0.4 is 0 Å². The fourth-order valence-electron chi connectivity index (χ4n) is 4.81. The molecule has 0 radical (unpaired) electrons. The summed E-state index contributed by atoms with van der Waals surface area (Å²) in [6.45, 7) is 6.95. The zero-order chi connectivity index (χ0) is 22.8. The average molecular weight is 477 g/mol. The van der Waals surface area contributed by atoms with Crippen LogP contribution in [-0.4, -0.2) is 57.6 Å². The molecule has 4 rings (SSSR count). The van der Waals surface area contributed by atoms with E-state index in [1.165, 1.54) is 6.42 Å². The van der Waals surface area contributed by atoms with Crippen LogP contribution >= 0.6 is 23.2 Å². The summed E-state index contributed by atoms with van der Waals surface area (Å²) in [7, 11) is 0. The van der Waals surface area contributed by atoms with Gasteiger partial charge in [0, 0.05) is 43.4 Å². The van der Waals surface area contributed by atoms with Gasteiger partial charge >= 0.3 is 0 Å². The Hall–Kier alpha value is -2.05. The summed E-state index contributed by atoms with van der Waals surface area (Å²) >= 11 is 12.2. The third-order valence-corrected chi connectivity index (χ3v) is 7.52. The summed E-state index contributed by atoms with van der Waals surface area (Å²) in [5.41, 5.74) is 3.50. The van der Waals surface area contributed by atoms with Gasteiger partial charge in [0.15, 0.2) is 0 Å². The molecule has 2 amide bonds. The third-order valence-electron chi connectivity index (χ3n) is 6.78. The Balaban J connectivity index is 1.39. The fourth-order valence-corrected chi connectivity index (χ4v) is 5.10. The summed E-state index contributed by atoms with van der Waals surface area (Å²) in [4.78, 5) is 29.8. The number of hydrogen-bond acceptors (Lipinski definition) is 3. The normalized spacial score (nSPS) is 17.6. The molecule has 0 bridgehead atoms. The van der Waals surface area contributed by atoms with Gasteiger partial charge in [-0.1, -0.05) is 23.2 Å². The molecule has 0 unspecified atom stereocenters. The number of aromatic nitrogens is 2. The molecular formula is C24H30Cl2N4O2. The monoisotopic (exact) mass is 476 g/mol. The number of piperidine rings is 2. The summed E-state index contributed by atoms with van der Waals surface area (Å²) in [5.74, 6) is 0.429. The Labute approximate surface area is 199 Å². The second kappa shape index (κ2) is 9.84. The second-order valence-electron chi connectivity index (χ2n) is 8.88. The lowest BCUT2D eigenvalue weighted by Crippen LogP contribution is -2.46. The molecule has 0 saturated carbocycles. The Morgan fingerprint density at radius 1 is 0.969 bits per heavy atom. The number of carbonyl (C=O) groups is 2. The van der Waals surface area contributed by atoms with E-state index in [9.17, 15) is 9.59 Å². The van der Waals surface area contributed by atoms with E-state index in [1.807, 2.05) is 34.4 Å². The van der Waals surface area contributed by atoms with Crippen LogP contribution in [0.1, 0.15) is 49.1 Å². The van der Waals surface area contributed by atoms with Gasteiger partial charge in [0.2, 0.25) is 11.8 Å². The van der Waals surface area contributed by atoms with E-state index in [4.69, 9.17) is 23.2 Å². The molecule has 0 atom stereocenters. The van der Waals surface area contributed by atoms with Crippen molar-refractivity contribution in [3.05, 3.63) is 45.2 Å². The lowest BCUT2D eigenvalue weighted by Gasteiger charge is -2.35. The fraction of sp³-hybridized carbons (Fsp3) is 0.542. The number of likely N-dealkylation sites (tertiary alicyclic amines) is 2. The number of nitrogens with zero attached hydrogens (tertiary/aromatic N) is 4. The van der Waals surface area contributed by atoms with Gasteiger partial charge in [-0.3, -0.25) is 9.59 Å². The molecule has 8 heteroatoms. The van der Waals surface area contributed by atoms with Crippen molar-refractivity contribution >= 4 is 35.0 Å². The maximum absolute atomic E-state index is 13.0. The average Bonchev–Trinajstić information content (AvgIpc) is 3.09. The van der Waals surface area contributed by atoms with Crippen molar-refractivity contribution in [3.63, 3.8) is 0 Å². The summed E-state index contributed by atoms with van der Waals surface area (Å²) in [5, 5.41) is 5.59. The van der Waals surface area contributed by atoms with Gasteiger partial charge in [-0.15, -0.1) is 0 Å². The van der Waals surface area contributed by atoms with Gasteiger partial charge in [0.1, 0.15) is 0 Å². The first kappa shape index (κ1) is 23.1. The van der Waals surface area contributed by atoms with Crippen molar-refractivity contribution in [3.8, 4) is 5.69 Å². The van der Waals surface area contributed by atoms with Crippen LogP contribution in [0.2, 0.25) is 10.0 Å². The highest BCUT2D eigenvalue weighted by molar-refractivity contribution is 6.42. The van der Waals surface area contributed by atoms with E-state index in [2.05, 4.69) is 5.10 Å². The number of halogens is 2. The molecular weight excluding hydrogens is 447 g/mol. The van der Waals surface area contributed by atoms with Crippen molar-refractivity contribution in [1.29, 1.82) is 0 Å². The highest BCUT2D eigenvalue weighted by atomic mass is 35.5. The first-order valence-electron chi connectivity index (χ1n) is 11.4. The summed E-state index contributed by atoms with van der Waals surface area (Å²) < 4.78 is 1.81. The lowest BCUT2D eigenvalue weighted by molar-refractivity contribution is -0.141. The zero-order valence-corrected chi connectivity index (χ0v) is 20.3. The molecule has 2 aromatic rings. The molecule has 0 N–H and O–H groups in total. The van der Waals surface area contributed by atoms with E-state index in [1.54, 1.807) is 12.1 Å². The van der Waals surface area contributed by atoms with Gasteiger partial charge in [0.25, 0.3) is 0 Å². The van der Waals surface area contributed by atoms with Crippen LogP contribution in [0.4, 0.5) is 0 Å². The standard InChI is InChI=1S/C24H30Cl2N4O2/c1-16-20(17(2)30(27-16)19-6-7-21(25)22(26)14-19)15-23(31)28-12-8-18(9-13-28)24(32)29-10-4-3-5-11-29/h6-7,14,18H,3-5,8-13,15H2,1-2H3. The molecule has 3 heterocycles. The number of carbonyl (C=O) groups excluding carboxylic acids is 2. The molecule has 2 aliphatic rings. The first-order valence-corrected chi connectivity index (χ1v) is 12.2. The van der Waals surface area contributed by atoms with Gasteiger partial charge < -0.3 is 9.80 Å². The third kappa shape index (κ3) is 4.81. The van der Waals surface area contributed by atoms with Gasteiger partial charge in [-0.25, -0.2) is 4.68 Å². The summed E-state index contributed by atoms with van der Waals surface area (Å²) in [6.07, 6.45) is 5.25. The van der Waals surface area contributed by atoms with Gasteiger partial charge in [-0.2, -0.15) is 5.10 Å².